The maximum Gasteiger partial charge on any atom is 0.240 e. The monoisotopic (exact) mass is 194 g/mol. The zero-order chi connectivity index (χ0) is 10.4. The molecule has 0 atom stereocenters. The Hall–Kier alpha value is -1.50. The van der Waals surface area contributed by atoms with Gasteiger partial charge in [-0.05, 0) is 12.8 Å². The lowest BCUT2D eigenvalue weighted by molar-refractivity contribution is -0.137. The van der Waals surface area contributed by atoms with Gasteiger partial charge in [-0.15, -0.1) is 6.42 Å². The Kier molecular flexibility index (Phi) is 3.99. The van der Waals surface area contributed by atoms with E-state index in [4.69, 9.17) is 6.42 Å². The highest BCUT2D eigenvalue weighted by atomic mass is 16.2. The number of nitrogens with one attached hydrogen (secondary N) is 1. The SMILES string of the molecule is C#CCNC(=O)CN1CCCCC1=O. The molecule has 0 aromatic heterocycles. The van der Waals surface area contributed by atoms with Crippen LogP contribution in [0.2, 0.25) is 0 Å². The smallest absolute Gasteiger partial charge is 0.240 e. The van der Waals surface area contributed by atoms with Crippen LogP contribution in [-0.4, -0.2) is 36.3 Å². The Balaban J connectivity index is 2.31. The largest absolute Gasteiger partial charge is 0.344 e. The summed E-state index contributed by atoms with van der Waals surface area (Å²) in [6, 6.07) is 0. The molecule has 1 heterocycles. The molecule has 0 spiro atoms. The number of amides is 2. The predicted octanol–water partition coefficient (Wildman–Crippen LogP) is -0.252. The normalized spacial score (nSPS) is 16.2. The van der Waals surface area contributed by atoms with Gasteiger partial charge in [0, 0.05) is 13.0 Å². The van der Waals surface area contributed by atoms with Gasteiger partial charge in [0.05, 0.1) is 13.1 Å². The van der Waals surface area contributed by atoms with Gasteiger partial charge >= 0.3 is 0 Å². The highest BCUT2D eigenvalue weighted by molar-refractivity contribution is 5.85. The van der Waals surface area contributed by atoms with Crippen LogP contribution >= 0.6 is 0 Å². The van der Waals surface area contributed by atoms with Gasteiger partial charge in [-0.25, -0.2) is 0 Å². The zero-order valence-electron chi connectivity index (χ0n) is 8.08. The van der Waals surface area contributed by atoms with Crippen molar-refractivity contribution in [3.8, 4) is 12.3 Å². The lowest BCUT2D eigenvalue weighted by atomic mass is 10.1. The van der Waals surface area contributed by atoms with Gasteiger partial charge < -0.3 is 10.2 Å². The molecule has 4 heteroatoms. The van der Waals surface area contributed by atoms with Gasteiger partial charge in [0.2, 0.25) is 11.8 Å². The standard InChI is InChI=1S/C10H14N2O2/c1-2-6-11-9(13)8-12-7-4-3-5-10(12)14/h1H,3-8H2,(H,11,13). The third-order valence-electron chi connectivity index (χ3n) is 2.14. The first kappa shape index (κ1) is 10.6. The second-order valence-electron chi connectivity index (χ2n) is 3.25. The molecule has 1 saturated heterocycles. The fourth-order valence-electron chi connectivity index (χ4n) is 1.41. The van der Waals surface area contributed by atoms with Crippen molar-refractivity contribution in [2.75, 3.05) is 19.6 Å². The molecule has 0 saturated carbocycles. The van der Waals surface area contributed by atoms with Crippen LogP contribution in [0.15, 0.2) is 0 Å². The van der Waals surface area contributed by atoms with E-state index in [1.807, 2.05) is 0 Å². The number of carbonyl (C=O) groups is 2. The average molecular weight is 194 g/mol. The van der Waals surface area contributed by atoms with Crippen LogP contribution in [0.1, 0.15) is 19.3 Å². The van der Waals surface area contributed by atoms with Crippen LogP contribution in [0.5, 0.6) is 0 Å². The van der Waals surface area contributed by atoms with E-state index in [1.165, 1.54) is 0 Å². The Morgan fingerprint density at radius 1 is 1.57 bits per heavy atom. The van der Waals surface area contributed by atoms with Gasteiger partial charge in [-0.1, -0.05) is 5.92 Å². The molecule has 76 valence electrons. The Morgan fingerprint density at radius 2 is 2.36 bits per heavy atom. The van der Waals surface area contributed by atoms with E-state index in [-0.39, 0.29) is 24.9 Å². The van der Waals surface area contributed by atoms with E-state index >= 15 is 0 Å². The number of nitrogens with zero attached hydrogens (tertiary/aromatic N) is 1. The molecule has 1 aliphatic heterocycles. The number of hydrogen-bond donors (Lipinski definition) is 1. The molecule has 0 aromatic carbocycles. The summed E-state index contributed by atoms with van der Waals surface area (Å²) in [6.07, 6.45) is 7.46. The molecule has 0 aliphatic carbocycles. The second kappa shape index (κ2) is 5.28. The average Bonchev–Trinajstić information content (AvgIpc) is 2.18. The van der Waals surface area contributed by atoms with Crippen molar-refractivity contribution in [1.82, 2.24) is 10.2 Å². The van der Waals surface area contributed by atoms with Crippen LogP contribution in [0.4, 0.5) is 0 Å². The molecule has 0 radical (unpaired) electrons. The molecule has 14 heavy (non-hydrogen) atoms. The van der Waals surface area contributed by atoms with E-state index in [0.29, 0.717) is 13.0 Å². The van der Waals surface area contributed by atoms with Crippen molar-refractivity contribution in [2.24, 2.45) is 0 Å². The van der Waals surface area contributed by atoms with Crippen molar-refractivity contribution in [3.63, 3.8) is 0 Å². The molecule has 1 rings (SSSR count). The third kappa shape index (κ3) is 3.09. The number of likely N-dealkylation sites (tertiary alicyclic amines) is 1. The first-order valence-electron chi connectivity index (χ1n) is 4.72. The van der Waals surface area contributed by atoms with Crippen molar-refractivity contribution < 1.29 is 9.59 Å². The first-order chi connectivity index (χ1) is 6.74. The fourth-order valence-corrected chi connectivity index (χ4v) is 1.41. The summed E-state index contributed by atoms with van der Waals surface area (Å²) in [5, 5.41) is 2.53. The van der Waals surface area contributed by atoms with Crippen molar-refractivity contribution in [1.29, 1.82) is 0 Å². The summed E-state index contributed by atoms with van der Waals surface area (Å²) >= 11 is 0. The van der Waals surface area contributed by atoms with Gasteiger partial charge in [0.1, 0.15) is 0 Å². The molecule has 1 fully saturated rings. The van der Waals surface area contributed by atoms with Gasteiger partial charge in [0.25, 0.3) is 0 Å². The molecule has 1 aliphatic rings. The zero-order valence-corrected chi connectivity index (χ0v) is 8.08. The van der Waals surface area contributed by atoms with Crippen molar-refractivity contribution >= 4 is 11.8 Å². The number of carbonyl (C=O) groups excluding carboxylic acids is 2. The highest BCUT2D eigenvalue weighted by Gasteiger charge is 2.19. The highest BCUT2D eigenvalue weighted by Crippen LogP contribution is 2.09. The van der Waals surface area contributed by atoms with Crippen LogP contribution < -0.4 is 5.32 Å². The van der Waals surface area contributed by atoms with Crippen LogP contribution in [0, 0.1) is 12.3 Å². The summed E-state index contributed by atoms with van der Waals surface area (Å²) in [7, 11) is 0. The number of piperidine rings is 1. The van der Waals surface area contributed by atoms with E-state index in [9.17, 15) is 9.59 Å². The predicted molar refractivity (Wildman–Crippen MR) is 52.3 cm³/mol. The summed E-state index contributed by atoms with van der Waals surface area (Å²) < 4.78 is 0. The summed E-state index contributed by atoms with van der Waals surface area (Å²) in [6.45, 7) is 1.05. The minimum Gasteiger partial charge on any atom is -0.344 e. The van der Waals surface area contributed by atoms with Crippen molar-refractivity contribution in [3.05, 3.63) is 0 Å². The second-order valence-corrected chi connectivity index (χ2v) is 3.25. The minimum absolute atomic E-state index is 0.0621. The molecule has 2 amide bonds. The molecule has 1 N–H and O–H groups in total. The topological polar surface area (TPSA) is 49.4 Å². The quantitative estimate of drug-likeness (QED) is 0.630. The Labute approximate surface area is 83.6 Å². The first-order valence-corrected chi connectivity index (χ1v) is 4.72. The van der Waals surface area contributed by atoms with Gasteiger partial charge in [-0.2, -0.15) is 0 Å². The maximum atomic E-state index is 11.3. The number of hydrogen-bond acceptors (Lipinski definition) is 2. The maximum absolute atomic E-state index is 11.3. The summed E-state index contributed by atoms with van der Waals surface area (Å²) in [5.41, 5.74) is 0. The number of rotatable bonds is 3. The fraction of sp³-hybridized carbons (Fsp3) is 0.600. The van der Waals surface area contributed by atoms with Crippen molar-refractivity contribution in [2.45, 2.75) is 19.3 Å². The van der Waals surface area contributed by atoms with Gasteiger partial charge in [0.15, 0.2) is 0 Å². The molecule has 0 bridgehead atoms. The van der Waals surface area contributed by atoms with E-state index < -0.39 is 0 Å². The van der Waals surface area contributed by atoms with Crippen LogP contribution in [0.25, 0.3) is 0 Å². The lowest BCUT2D eigenvalue weighted by Crippen LogP contribution is -2.43. The van der Waals surface area contributed by atoms with Crippen LogP contribution in [-0.2, 0) is 9.59 Å². The van der Waals surface area contributed by atoms with Gasteiger partial charge in [-0.3, -0.25) is 9.59 Å². The van der Waals surface area contributed by atoms with Crippen LogP contribution in [0.3, 0.4) is 0 Å². The van der Waals surface area contributed by atoms with E-state index in [0.717, 1.165) is 12.8 Å². The molecule has 0 aromatic rings. The molecule has 4 nitrogen and oxygen atoms in total. The minimum atomic E-state index is -0.182. The Bertz CT molecular complexity index is 268. The molecule has 0 unspecified atom stereocenters. The summed E-state index contributed by atoms with van der Waals surface area (Å²) in [4.78, 5) is 24.1. The lowest BCUT2D eigenvalue weighted by Gasteiger charge is -2.25. The molecular formula is C10H14N2O2. The van der Waals surface area contributed by atoms with E-state index in [1.54, 1.807) is 4.90 Å². The summed E-state index contributed by atoms with van der Waals surface area (Å²) in [5.74, 6) is 2.19. The number of terminal acetylenes is 1. The van der Waals surface area contributed by atoms with E-state index in [2.05, 4.69) is 11.2 Å². The third-order valence-corrected chi connectivity index (χ3v) is 2.14. The Morgan fingerprint density at radius 3 is 3.00 bits per heavy atom. The molecular weight excluding hydrogens is 180 g/mol.